The predicted octanol–water partition coefficient (Wildman–Crippen LogP) is 4.12. The third-order valence-corrected chi connectivity index (χ3v) is 6.17. The lowest BCUT2D eigenvalue weighted by molar-refractivity contribution is -0.519. The quantitative estimate of drug-likeness (QED) is 0.444. The van der Waals surface area contributed by atoms with Gasteiger partial charge in [0.2, 0.25) is 5.71 Å². The summed E-state index contributed by atoms with van der Waals surface area (Å²) in [6, 6.07) is 19.8. The van der Waals surface area contributed by atoms with Crippen molar-refractivity contribution in [1.82, 2.24) is 0 Å². The molecule has 0 aliphatic heterocycles. The van der Waals surface area contributed by atoms with Crippen LogP contribution < -0.4 is 5.19 Å². The number of nitrogens with zero attached hydrogens (tertiary/aromatic N) is 1. The van der Waals surface area contributed by atoms with Crippen molar-refractivity contribution in [2.75, 3.05) is 13.1 Å². The lowest BCUT2D eigenvalue weighted by atomic mass is 10.0. The van der Waals surface area contributed by atoms with Gasteiger partial charge in [0.05, 0.1) is 8.07 Å². The molecule has 0 spiro atoms. The van der Waals surface area contributed by atoms with E-state index >= 15 is 0 Å². The number of rotatable bonds is 5. The summed E-state index contributed by atoms with van der Waals surface area (Å²) in [5.41, 5.74) is 4.11. The van der Waals surface area contributed by atoms with Gasteiger partial charge in [-0.3, -0.25) is 0 Å². The molecule has 2 rings (SSSR count). The Labute approximate surface area is 136 Å². The van der Waals surface area contributed by atoms with Crippen LogP contribution in [0.3, 0.4) is 0 Å². The molecule has 0 atom stereocenters. The van der Waals surface area contributed by atoms with Crippen LogP contribution in [-0.4, -0.2) is 31.5 Å². The molecule has 116 valence electrons. The van der Waals surface area contributed by atoms with Gasteiger partial charge in [0.15, 0.2) is 0 Å². The fourth-order valence-electron chi connectivity index (χ4n) is 2.99. The lowest BCUT2D eigenvalue weighted by Gasteiger charge is -2.21. The average Bonchev–Trinajstić information content (AvgIpc) is 2.52. The van der Waals surface area contributed by atoms with Gasteiger partial charge in [-0.1, -0.05) is 56.0 Å². The van der Waals surface area contributed by atoms with E-state index in [9.17, 15) is 0 Å². The Morgan fingerprint density at radius 1 is 0.818 bits per heavy atom. The molecule has 0 amide bonds. The van der Waals surface area contributed by atoms with E-state index in [4.69, 9.17) is 0 Å². The molecule has 0 aromatic heterocycles. The fourth-order valence-corrected chi connectivity index (χ4v) is 4.59. The summed E-state index contributed by atoms with van der Waals surface area (Å²) in [6.07, 6.45) is 0. The van der Waals surface area contributed by atoms with Crippen molar-refractivity contribution in [1.29, 1.82) is 0 Å². The van der Waals surface area contributed by atoms with Gasteiger partial charge < -0.3 is 0 Å². The first-order valence-corrected chi connectivity index (χ1v) is 11.8. The summed E-state index contributed by atoms with van der Waals surface area (Å²) in [7, 11) is -1.39. The summed E-state index contributed by atoms with van der Waals surface area (Å²) >= 11 is 0. The summed E-state index contributed by atoms with van der Waals surface area (Å²) < 4.78 is 2.48. The molecule has 0 radical (unpaired) electrons. The fraction of sp³-hybridized carbons (Fsp3) is 0.350. The van der Waals surface area contributed by atoms with Gasteiger partial charge in [-0.25, -0.2) is 4.58 Å². The van der Waals surface area contributed by atoms with Crippen LogP contribution in [0.25, 0.3) is 0 Å². The molecule has 22 heavy (non-hydrogen) atoms. The van der Waals surface area contributed by atoms with Crippen molar-refractivity contribution in [2.24, 2.45) is 0 Å². The summed E-state index contributed by atoms with van der Waals surface area (Å²) in [5, 5.41) is 1.54. The molecule has 2 aromatic rings. The van der Waals surface area contributed by atoms with Crippen molar-refractivity contribution in [3.63, 3.8) is 0 Å². The second-order valence-electron chi connectivity index (χ2n) is 6.68. The standard InChI is InChI=1S/C20H28NSi/c1-6-21(7-2)20(17-13-9-8-10-14-17)18-15-11-12-16-19(18)22(3,4)5/h8-16H,6-7H2,1-5H3/q+1. The highest BCUT2D eigenvalue weighted by Crippen LogP contribution is 2.14. The van der Waals surface area contributed by atoms with Crippen LogP contribution in [-0.2, 0) is 0 Å². The molecule has 0 heterocycles. The monoisotopic (exact) mass is 310 g/mol. The molecule has 0 unspecified atom stereocenters. The second-order valence-corrected chi connectivity index (χ2v) is 11.7. The molecule has 2 heteroatoms. The van der Waals surface area contributed by atoms with E-state index in [2.05, 4.69) is 92.7 Å². The minimum atomic E-state index is -1.39. The topological polar surface area (TPSA) is 3.01 Å². The Kier molecular flexibility index (Phi) is 5.36. The minimum absolute atomic E-state index is 1.03. The minimum Gasteiger partial charge on any atom is -0.230 e. The van der Waals surface area contributed by atoms with Crippen LogP contribution in [0.2, 0.25) is 19.6 Å². The van der Waals surface area contributed by atoms with E-state index in [0.717, 1.165) is 13.1 Å². The van der Waals surface area contributed by atoms with E-state index in [-0.39, 0.29) is 0 Å². The summed E-state index contributed by atoms with van der Waals surface area (Å²) in [5.74, 6) is 0. The third kappa shape index (κ3) is 3.56. The molecule has 2 aromatic carbocycles. The molecule has 0 aliphatic carbocycles. The first-order chi connectivity index (χ1) is 10.5. The highest BCUT2D eigenvalue weighted by atomic mass is 28.3. The van der Waals surface area contributed by atoms with Gasteiger partial charge in [-0.15, -0.1) is 0 Å². The number of benzene rings is 2. The zero-order chi connectivity index (χ0) is 16.2. The smallest absolute Gasteiger partial charge is 0.214 e. The molecular weight excluding hydrogens is 282 g/mol. The van der Waals surface area contributed by atoms with E-state index in [1.54, 1.807) is 5.19 Å². The Morgan fingerprint density at radius 3 is 1.91 bits per heavy atom. The van der Waals surface area contributed by atoms with E-state index < -0.39 is 8.07 Å². The van der Waals surface area contributed by atoms with E-state index in [1.807, 2.05) is 0 Å². The van der Waals surface area contributed by atoms with Crippen LogP contribution in [0.1, 0.15) is 25.0 Å². The van der Waals surface area contributed by atoms with Crippen LogP contribution >= 0.6 is 0 Å². The van der Waals surface area contributed by atoms with Crippen molar-refractivity contribution >= 4 is 19.0 Å². The highest BCUT2D eigenvalue weighted by molar-refractivity contribution is 6.89. The molecule has 1 nitrogen and oxygen atoms in total. The van der Waals surface area contributed by atoms with Gasteiger partial charge in [0.25, 0.3) is 0 Å². The maximum absolute atomic E-state index is 2.48. The van der Waals surface area contributed by atoms with Gasteiger partial charge in [-0.2, -0.15) is 0 Å². The Morgan fingerprint density at radius 2 is 1.36 bits per heavy atom. The zero-order valence-electron chi connectivity index (χ0n) is 14.6. The number of hydrogen-bond donors (Lipinski definition) is 0. The Hall–Kier alpha value is -1.67. The van der Waals surface area contributed by atoms with Gasteiger partial charge in [0, 0.05) is 11.1 Å². The van der Waals surface area contributed by atoms with Crippen LogP contribution in [0.5, 0.6) is 0 Å². The SMILES string of the molecule is CC[N+](CC)=C(c1ccccc1)c1ccccc1[Si](C)(C)C. The molecule has 0 saturated carbocycles. The Bertz CT molecular complexity index is 645. The first kappa shape index (κ1) is 16.7. The Balaban J connectivity index is 2.75. The van der Waals surface area contributed by atoms with Gasteiger partial charge in [-0.05, 0) is 37.2 Å². The normalized spacial score (nSPS) is 11.3. The zero-order valence-corrected chi connectivity index (χ0v) is 15.6. The van der Waals surface area contributed by atoms with Gasteiger partial charge in [0.1, 0.15) is 13.1 Å². The van der Waals surface area contributed by atoms with Crippen molar-refractivity contribution in [3.8, 4) is 0 Å². The van der Waals surface area contributed by atoms with Crippen LogP contribution in [0.15, 0.2) is 54.6 Å². The molecule has 0 aliphatic rings. The maximum Gasteiger partial charge on any atom is 0.214 e. The third-order valence-electron chi connectivity index (χ3n) is 4.12. The first-order valence-electron chi connectivity index (χ1n) is 8.26. The second kappa shape index (κ2) is 7.06. The average molecular weight is 311 g/mol. The van der Waals surface area contributed by atoms with Crippen molar-refractivity contribution in [2.45, 2.75) is 33.5 Å². The van der Waals surface area contributed by atoms with Crippen molar-refractivity contribution in [3.05, 3.63) is 65.7 Å². The number of hydrogen-bond acceptors (Lipinski definition) is 0. The van der Waals surface area contributed by atoms with Crippen LogP contribution in [0, 0.1) is 0 Å². The summed E-state index contributed by atoms with van der Waals surface area (Å²) in [4.78, 5) is 0. The molecule has 0 N–H and O–H groups in total. The highest BCUT2D eigenvalue weighted by Gasteiger charge is 2.26. The molecule has 0 fully saturated rings. The predicted molar refractivity (Wildman–Crippen MR) is 100 cm³/mol. The lowest BCUT2D eigenvalue weighted by Crippen LogP contribution is -2.42. The van der Waals surface area contributed by atoms with E-state index in [0.29, 0.717) is 0 Å². The molecular formula is C20H28NSi+. The molecule has 0 bridgehead atoms. The summed E-state index contributed by atoms with van der Waals surface area (Å²) in [6.45, 7) is 13.8. The molecule has 0 saturated heterocycles. The largest absolute Gasteiger partial charge is 0.230 e. The van der Waals surface area contributed by atoms with Crippen LogP contribution in [0.4, 0.5) is 0 Å². The maximum atomic E-state index is 2.48. The van der Waals surface area contributed by atoms with Gasteiger partial charge >= 0.3 is 0 Å². The van der Waals surface area contributed by atoms with Crippen molar-refractivity contribution < 1.29 is 4.58 Å². The van der Waals surface area contributed by atoms with E-state index in [1.165, 1.54) is 16.8 Å².